The van der Waals surface area contributed by atoms with Crippen LogP contribution in [0.1, 0.15) is 50.5 Å². The molecule has 0 spiro atoms. The van der Waals surface area contributed by atoms with Gasteiger partial charge in [-0.1, -0.05) is 50.3 Å². The van der Waals surface area contributed by atoms with E-state index in [9.17, 15) is 0 Å². The Morgan fingerprint density at radius 3 is 2.32 bits per heavy atom. The fourth-order valence-electron chi connectivity index (χ4n) is 2.96. The van der Waals surface area contributed by atoms with E-state index >= 15 is 0 Å². The maximum atomic E-state index is 3.80. The largest absolute Gasteiger partial charge is 0.382 e. The molecule has 0 aliphatic heterocycles. The Hall–Kier alpha value is -1.02. The topological polar surface area (TPSA) is 15.3 Å². The number of nitrogens with one attached hydrogen (secondary N) is 1. The zero-order valence-corrected chi connectivity index (χ0v) is 12.5. The van der Waals surface area contributed by atoms with Crippen LogP contribution in [0.4, 0.5) is 5.69 Å². The van der Waals surface area contributed by atoms with Gasteiger partial charge < -0.3 is 10.2 Å². The van der Waals surface area contributed by atoms with Crippen LogP contribution in [0.2, 0.25) is 0 Å². The number of nitrogens with zero attached hydrogens (tertiary/aromatic N) is 1. The first-order valence-electron chi connectivity index (χ1n) is 7.75. The molecule has 0 atom stereocenters. The van der Waals surface area contributed by atoms with Gasteiger partial charge in [0.25, 0.3) is 0 Å². The second-order valence-electron chi connectivity index (χ2n) is 6.08. The number of hydrogen-bond acceptors (Lipinski definition) is 2. The van der Waals surface area contributed by atoms with E-state index in [1.54, 1.807) is 0 Å². The van der Waals surface area contributed by atoms with Gasteiger partial charge >= 0.3 is 0 Å². The van der Waals surface area contributed by atoms with E-state index < -0.39 is 0 Å². The van der Waals surface area contributed by atoms with Gasteiger partial charge in [0.2, 0.25) is 0 Å². The molecular formula is C17H28N2. The van der Waals surface area contributed by atoms with Crippen molar-refractivity contribution < 1.29 is 0 Å². The molecular weight excluding hydrogens is 232 g/mol. The van der Waals surface area contributed by atoms with Crippen LogP contribution < -0.4 is 5.32 Å². The highest BCUT2D eigenvalue weighted by atomic mass is 15.1. The number of hydrogen-bond donors (Lipinski definition) is 1. The van der Waals surface area contributed by atoms with Crippen molar-refractivity contribution in [3.8, 4) is 0 Å². The molecule has 2 nitrogen and oxygen atoms in total. The van der Waals surface area contributed by atoms with Crippen molar-refractivity contribution in [3.05, 3.63) is 29.8 Å². The molecule has 1 aliphatic rings. The standard InChI is InChI=1S/C17H28N2/c1-19(2)14-15-10-8-9-13-17(15)18-16-11-6-4-3-5-7-12-16/h8-10,13,16,18H,3-7,11-12,14H2,1-2H3. The molecule has 0 unspecified atom stereocenters. The van der Waals surface area contributed by atoms with Crippen LogP contribution in [-0.4, -0.2) is 25.0 Å². The zero-order chi connectivity index (χ0) is 13.5. The normalized spacial score (nSPS) is 18.1. The van der Waals surface area contributed by atoms with Crippen molar-refractivity contribution in [2.75, 3.05) is 19.4 Å². The van der Waals surface area contributed by atoms with Crippen LogP contribution in [0.3, 0.4) is 0 Å². The molecule has 0 heterocycles. The molecule has 1 aromatic carbocycles. The minimum Gasteiger partial charge on any atom is -0.382 e. The number of anilines is 1. The van der Waals surface area contributed by atoms with Crippen LogP contribution in [0.15, 0.2) is 24.3 Å². The van der Waals surface area contributed by atoms with E-state index in [-0.39, 0.29) is 0 Å². The Balaban J connectivity index is 2.00. The molecule has 1 saturated carbocycles. The summed E-state index contributed by atoms with van der Waals surface area (Å²) in [6.07, 6.45) is 9.69. The summed E-state index contributed by atoms with van der Waals surface area (Å²) in [5, 5.41) is 3.80. The van der Waals surface area contributed by atoms with Crippen molar-refractivity contribution in [1.29, 1.82) is 0 Å². The van der Waals surface area contributed by atoms with Gasteiger partial charge in [0, 0.05) is 18.3 Å². The molecule has 1 N–H and O–H groups in total. The highest BCUT2D eigenvalue weighted by Crippen LogP contribution is 2.23. The second-order valence-corrected chi connectivity index (χ2v) is 6.08. The first kappa shape index (κ1) is 14.4. The maximum Gasteiger partial charge on any atom is 0.0388 e. The van der Waals surface area contributed by atoms with E-state index in [1.807, 2.05) is 0 Å². The van der Waals surface area contributed by atoms with Crippen LogP contribution >= 0.6 is 0 Å². The Labute approximate surface area is 118 Å². The summed E-state index contributed by atoms with van der Waals surface area (Å²) in [7, 11) is 4.26. The van der Waals surface area contributed by atoms with Crippen molar-refractivity contribution in [1.82, 2.24) is 4.90 Å². The molecule has 0 amide bonds. The smallest absolute Gasteiger partial charge is 0.0388 e. The highest BCUT2D eigenvalue weighted by molar-refractivity contribution is 5.51. The average Bonchev–Trinajstić information content (AvgIpc) is 2.34. The van der Waals surface area contributed by atoms with E-state index in [1.165, 1.54) is 56.2 Å². The van der Waals surface area contributed by atoms with Crippen molar-refractivity contribution >= 4 is 5.69 Å². The maximum absolute atomic E-state index is 3.80. The molecule has 106 valence electrons. The Morgan fingerprint density at radius 2 is 1.63 bits per heavy atom. The zero-order valence-electron chi connectivity index (χ0n) is 12.5. The third-order valence-corrected chi connectivity index (χ3v) is 3.97. The summed E-state index contributed by atoms with van der Waals surface area (Å²) in [5.41, 5.74) is 2.75. The first-order chi connectivity index (χ1) is 9.25. The lowest BCUT2D eigenvalue weighted by Gasteiger charge is -2.24. The van der Waals surface area contributed by atoms with Gasteiger partial charge in [-0.3, -0.25) is 0 Å². The summed E-state index contributed by atoms with van der Waals surface area (Å²) in [6, 6.07) is 9.43. The van der Waals surface area contributed by atoms with Crippen molar-refractivity contribution in [2.45, 2.75) is 57.5 Å². The van der Waals surface area contributed by atoms with Gasteiger partial charge in [0.05, 0.1) is 0 Å². The van der Waals surface area contributed by atoms with E-state index in [0.29, 0.717) is 6.04 Å². The first-order valence-corrected chi connectivity index (χ1v) is 7.75. The third kappa shape index (κ3) is 4.87. The Kier molecular flexibility index (Phi) is 5.71. The number of benzene rings is 1. The molecule has 0 aromatic heterocycles. The van der Waals surface area contributed by atoms with E-state index in [4.69, 9.17) is 0 Å². The van der Waals surface area contributed by atoms with Crippen LogP contribution in [0.25, 0.3) is 0 Å². The summed E-state index contributed by atoms with van der Waals surface area (Å²) < 4.78 is 0. The fraction of sp³-hybridized carbons (Fsp3) is 0.647. The lowest BCUT2D eigenvalue weighted by Crippen LogP contribution is -2.22. The number of rotatable bonds is 4. The quantitative estimate of drug-likeness (QED) is 0.869. The summed E-state index contributed by atoms with van der Waals surface area (Å²) in [4.78, 5) is 2.23. The fourth-order valence-corrected chi connectivity index (χ4v) is 2.96. The van der Waals surface area contributed by atoms with Gasteiger partial charge in [0.15, 0.2) is 0 Å². The predicted octanol–water partition coefficient (Wildman–Crippen LogP) is 4.27. The Morgan fingerprint density at radius 1 is 1.00 bits per heavy atom. The highest BCUT2D eigenvalue weighted by Gasteiger charge is 2.12. The minimum atomic E-state index is 0.670. The third-order valence-electron chi connectivity index (χ3n) is 3.97. The molecule has 0 radical (unpaired) electrons. The Bertz CT molecular complexity index is 365. The lowest BCUT2D eigenvalue weighted by atomic mass is 9.96. The minimum absolute atomic E-state index is 0.670. The SMILES string of the molecule is CN(C)Cc1ccccc1NC1CCCCCCC1. The van der Waals surface area contributed by atoms with Crippen molar-refractivity contribution in [2.24, 2.45) is 0 Å². The van der Waals surface area contributed by atoms with Gasteiger partial charge in [-0.15, -0.1) is 0 Å². The molecule has 2 heteroatoms. The summed E-state index contributed by atoms with van der Waals surface area (Å²) in [5.74, 6) is 0. The van der Waals surface area contributed by atoms with Crippen LogP contribution in [-0.2, 0) is 6.54 Å². The van der Waals surface area contributed by atoms with Crippen molar-refractivity contribution in [3.63, 3.8) is 0 Å². The van der Waals surface area contributed by atoms with Crippen LogP contribution in [0.5, 0.6) is 0 Å². The summed E-state index contributed by atoms with van der Waals surface area (Å²) >= 11 is 0. The monoisotopic (exact) mass is 260 g/mol. The molecule has 1 aromatic rings. The van der Waals surface area contributed by atoms with Crippen LogP contribution in [0, 0.1) is 0 Å². The number of para-hydroxylation sites is 1. The van der Waals surface area contributed by atoms with Gasteiger partial charge in [-0.05, 0) is 38.6 Å². The van der Waals surface area contributed by atoms with Gasteiger partial charge in [-0.25, -0.2) is 0 Å². The summed E-state index contributed by atoms with van der Waals surface area (Å²) in [6.45, 7) is 1.01. The molecule has 2 rings (SSSR count). The molecule has 19 heavy (non-hydrogen) atoms. The molecule has 0 bridgehead atoms. The van der Waals surface area contributed by atoms with E-state index in [2.05, 4.69) is 48.6 Å². The predicted molar refractivity (Wildman–Crippen MR) is 83.6 cm³/mol. The van der Waals surface area contributed by atoms with Gasteiger partial charge in [-0.2, -0.15) is 0 Å². The second kappa shape index (κ2) is 7.54. The lowest BCUT2D eigenvalue weighted by molar-refractivity contribution is 0.402. The van der Waals surface area contributed by atoms with E-state index in [0.717, 1.165) is 6.54 Å². The molecule has 1 fully saturated rings. The van der Waals surface area contributed by atoms with Gasteiger partial charge in [0.1, 0.15) is 0 Å². The molecule has 1 aliphatic carbocycles. The average molecular weight is 260 g/mol. The molecule has 0 saturated heterocycles.